The van der Waals surface area contributed by atoms with E-state index in [1.807, 2.05) is 36.0 Å². The molecule has 3 rings (SSSR count). The molecule has 23 heavy (non-hydrogen) atoms. The van der Waals surface area contributed by atoms with E-state index in [1.54, 1.807) is 19.5 Å². The zero-order chi connectivity index (χ0) is 16.4. The minimum atomic E-state index is 0.237. The van der Waals surface area contributed by atoms with Crippen LogP contribution >= 0.6 is 0 Å². The van der Waals surface area contributed by atoms with Gasteiger partial charge < -0.3 is 4.74 Å². The van der Waals surface area contributed by atoms with Gasteiger partial charge in [0.15, 0.2) is 11.6 Å². The molecule has 0 amide bonds. The van der Waals surface area contributed by atoms with Crippen molar-refractivity contribution in [3.05, 3.63) is 48.2 Å². The first-order valence-electron chi connectivity index (χ1n) is 7.48. The van der Waals surface area contributed by atoms with Crippen LogP contribution in [0.15, 0.2) is 36.8 Å². The molecule has 0 saturated carbocycles. The van der Waals surface area contributed by atoms with Crippen molar-refractivity contribution in [2.24, 2.45) is 0 Å². The highest BCUT2D eigenvalue weighted by molar-refractivity contribution is 5.59. The Bertz CT molecular complexity index is 825. The lowest BCUT2D eigenvalue weighted by molar-refractivity contribution is 0.398. The molecular formula is C17H19N5O. The van der Waals surface area contributed by atoms with Gasteiger partial charge in [-0.25, -0.2) is 14.6 Å². The normalized spacial score (nSPS) is 11.0. The van der Waals surface area contributed by atoms with Crippen molar-refractivity contribution in [3.63, 3.8) is 0 Å². The summed E-state index contributed by atoms with van der Waals surface area (Å²) in [6.45, 7) is 6.17. The number of methoxy groups -OCH3 is 1. The van der Waals surface area contributed by atoms with Gasteiger partial charge in [0.1, 0.15) is 0 Å². The summed E-state index contributed by atoms with van der Waals surface area (Å²) in [5.74, 6) is 2.35. The summed E-state index contributed by atoms with van der Waals surface area (Å²) in [5.41, 5.74) is 2.91. The van der Waals surface area contributed by atoms with Gasteiger partial charge in [-0.05, 0) is 24.6 Å². The standard InChI is InChI=1S/C17H19N5O/c1-11(2)16-20-17(13-5-8-19-15(9-13)23-4)22(21-16)14-6-7-18-10-12(14)3/h5-11H,1-4H3. The van der Waals surface area contributed by atoms with Gasteiger partial charge in [0.2, 0.25) is 5.88 Å². The third kappa shape index (κ3) is 2.92. The lowest BCUT2D eigenvalue weighted by Gasteiger charge is -2.09. The highest BCUT2D eigenvalue weighted by atomic mass is 16.5. The average Bonchev–Trinajstić information content (AvgIpc) is 3.01. The van der Waals surface area contributed by atoms with Crippen LogP contribution in [-0.2, 0) is 0 Å². The molecule has 0 unspecified atom stereocenters. The molecule has 0 radical (unpaired) electrons. The second-order valence-electron chi connectivity index (χ2n) is 5.61. The van der Waals surface area contributed by atoms with Crippen molar-refractivity contribution in [3.8, 4) is 23.0 Å². The van der Waals surface area contributed by atoms with E-state index < -0.39 is 0 Å². The molecule has 0 spiro atoms. The Labute approximate surface area is 135 Å². The molecule has 0 aliphatic carbocycles. The third-order valence-electron chi connectivity index (χ3n) is 3.56. The quantitative estimate of drug-likeness (QED) is 0.740. The van der Waals surface area contributed by atoms with E-state index in [-0.39, 0.29) is 5.92 Å². The fraction of sp³-hybridized carbons (Fsp3) is 0.294. The Morgan fingerprint density at radius 1 is 1.17 bits per heavy atom. The van der Waals surface area contributed by atoms with Gasteiger partial charge >= 0.3 is 0 Å². The van der Waals surface area contributed by atoms with Crippen molar-refractivity contribution in [2.45, 2.75) is 26.7 Å². The van der Waals surface area contributed by atoms with Crippen LogP contribution in [0.5, 0.6) is 5.88 Å². The number of aromatic nitrogens is 5. The molecular weight excluding hydrogens is 290 g/mol. The smallest absolute Gasteiger partial charge is 0.213 e. The molecule has 0 aromatic carbocycles. The molecule has 0 fully saturated rings. The Hall–Kier alpha value is -2.76. The second-order valence-corrected chi connectivity index (χ2v) is 5.61. The van der Waals surface area contributed by atoms with Crippen LogP contribution in [0.4, 0.5) is 0 Å². The molecule has 118 valence electrons. The molecule has 3 aromatic rings. The summed E-state index contributed by atoms with van der Waals surface area (Å²) in [7, 11) is 1.60. The highest BCUT2D eigenvalue weighted by Crippen LogP contribution is 2.26. The number of nitrogens with zero attached hydrogens (tertiary/aromatic N) is 5. The minimum absolute atomic E-state index is 0.237. The van der Waals surface area contributed by atoms with E-state index in [0.29, 0.717) is 5.88 Å². The van der Waals surface area contributed by atoms with Crippen LogP contribution in [-0.4, -0.2) is 31.8 Å². The lowest BCUT2D eigenvalue weighted by atomic mass is 10.2. The molecule has 0 N–H and O–H groups in total. The molecule has 0 saturated heterocycles. The van der Waals surface area contributed by atoms with E-state index >= 15 is 0 Å². The maximum absolute atomic E-state index is 5.22. The summed E-state index contributed by atoms with van der Waals surface area (Å²) in [5, 5.41) is 4.69. The molecule has 0 aliphatic rings. The predicted octanol–water partition coefficient (Wildman–Crippen LogP) is 3.16. The summed E-state index contributed by atoms with van der Waals surface area (Å²) < 4.78 is 7.08. The number of ether oxygens (including phenoxy) is 1. The summed E-state index contributed by atoms with van der Waals surface area (Å²) in [4.78, 5) is 13.0. The molecule has 3 heterocycles. The van der Waals surface area contributed by atoms with E-state index in [2.05, 4.69) is 28.9 Å². The van der Waals surface area contributed by atoms with Gasteiger partial charge in [-0.3, -0.25) is 4.98 Å². The largest absolute Gasteiger partial charge is 0.481 e. The van der Waals surface area contributed by atoms with Crippen LogP contribution in [0.3, 0.4) is 0 Å². The fourth-order valence-corrected chi connectivity index (χ4v) is 2.29. The van der Waals surface area contributed by atoms with Crippen molar-refractivity contribution in [1.29, 1.82) is 0 Å². The molecule has 6 heteroatoms. The summed E-state index contributed by atoms with van der Waals surface area (Å²) in [6, 6.07) is 5.71. The number of pyridine rings is 2. The predicted molar refractivity (Wildman–Crippen MR) is 87.8 cm³/mol. The van der Waals surface area contributed by atoms with E-state index in [0.717, 1.165) is 28.5 Å². The topological polar surface area (TPSA) is 65.7 Å². The van der Waals surface area contributed by atoms with E-state index in [9.17, 15) is 0 Å². The Balaban J connectivity index is 2.21. The van der Waals surface area contributed by atoms with Crippen LogP contribution < -0.4 is 4.74 Å². The Morgan fingerprint density at radius 3 is 2.70 bits per heavy atom. The van der Waals surface area contributed by atoms with Crippen LogP contribution in [0, 0.1) is 6.92 Å². The Morgan fingerprint density at radius 2 is 2.00 bits per heavy atom. The van der Waals surface area contributed by atoms with Gasteiger partial charge in [-0.15, -0.1) is 0 Å². The second kappa shape index (κ2) is 6.16. The van der Waals surface area contributed by atoms with Gasteiger partial charge in [0.05, 0.1) is 12.8 Å². The summed E-state index contributed by atoms with van der Waals surface area (Å²) >= 11 is 0. The van der Waals surface area contributed by atoms with Crippen LogP contribution in [0.1, 0.15) is 31.2 Å². The van der Waals surface area contributed by atoms with Gasteiger partial charge in [-0.2, -0.15) is 5.10 Å². The lowest BCUT2D eigenvalue weighted by Crippen LogP contribution is -2.03. The molecule has 0 bridgehead atoms. The van der Waals surface area contributed by atoms with Crippen molar-refractivity contribution in [1.82, 2.24) is 24.7 Å². The number of hydrogen-bond acceptors (Lipinski definition) is 5. The van der Waals surface area contributed by atoms with Crippen molar-refractivity contribution >= 4 is 0 Å². The molecule has 3 aromatic heterocycles. The maximum atomic E-state index is 5.22. The molecule has 0 atom stereocenters. The number of rotatable bonds is 4. The number of aryl methyl sites for hydroxylation is 1. The summed E-state index contributed by atoms with van der Waals surface area (Å²) in [6.07, 6.45) is 5.29. The fourth-order valence-electron chi connectivity index (χ4n) is 2.29. The van der Waals surface area contributed by atoms with E-state index in [4.69, 9.17) is 9.72 Å². The van der Waals surface area contributed by atoms with Gasteiger partial charge in [-0.1, -0.05) is 13.8 Å². The third-order valence-corrected chi connectivity index (χ3v) is 3.56. The zero-order valence-electron chi connectivity index (χ0n) is 13.7. The first-order chi connectivity index (χ1) is 11.1. The SMILES string of the molecule is COc1cc(-c2nc(C(C)C)nn2-c2ccncc2C)ccn1. The first-order valence-corrected chi connectivity index (χ1v) is 7.48. The monoisotopic (exact) mass is 309 g/mol. The van der Waals surface area contributed by atoms with E-state index in [1.165, 1.54) is 0 Å². The van der Waals surface area contributed by atoms with Crippen LogP contribution in [0.25, 0.3) is 17.1 Å². The van der Waals surface area contributed by atoms with Crippen molar-refractivity contribution in [2.75, 3.05) is 7.11 Å². The average molecular weight is 309 g/mol. The van der Waals surface area contributed by atoms with Crippen LogP contribution in [0.2, 0.25) is 0 Å². The molecule has 6 nitrogen and oxygen atoms in total. The van der Waals surface area contributed by atoms with Crippen molar-refractivity contribution < 1.29 is 4.74 Å². The molecule has 0 aliphatic heterocycles. The zero-order valence-corrected chi connectivity index (χ0v) is 13.7. The maximum Gasteiger partial charge on any atom is 0.213 e. The first kappa shape index (κ1) is 15.1. The number of hydrogen-bond donors (Lipinski definition) is 0. The van der Waals surface area contributed by atoms with Gasteiger partial charge in [0.25, 0.3) is 0 Å². The highest BCUT2D eigenvalue weighted by Gasteiger charge is 2.17. The Kier molecular flexibility index (Phi) is 4.06. The van der Waals surface area contributed by atoms with Gasteiger partial charge in [0, 0.05) is 36.1 Å². The minimum Gasteiger partial charge on any atom is -0.481 e.